The van der Waals surface area contributed by atoms with Crippen molar-refractivity contribution < 1.29 is 32.6 Å². The molecule has 36 heavy (non-hydrogen) atoms. The number of carbonyl (C=O) groups excluding carboxylic acids is 1. The number of aliphatic hydroxyl groups is 1. The molecule has 0 bridgehead atoms. The summed E-state index contributed by atoms with van der Waals surface area (Å²) in [5.41, 5.74) is 5.93. The van der Waals surface area contributed by atoms with Gasteiger partial charge in [-0.15, -0.1) is 0 Å². The zero-order chi connectivity index (χ0) is 26.9. The number of halogens is 3. The molecule has 200 valence electrons. The number of nitrogens with zero attached hydrogens (tertiary/aromatic N) is 1. The van der Waals surface area contributed by atoms with Crippen molar-refractivity contribution in [1.82, 2.24) is 4.90 Å². The highest BCUT2D eigenvalue weighted by molar-refractivity contribution is 6.31. The minimum absolute atomic E-state index is 0.334. The van der Waals surface area contributed by atoms with E-state index in [-0.39, 0.29) is 0 Å². The van der Waals surface area contributed by atoms with E-state index in [2.05, 4.69) is 10.6 Å². The summed E-state index contributed by atoms with van der Waals surface area (Å²) in [6.07, 6.45) is 4.78. The molecule has 1 aromatic heterocycles. The number of rotatable bonds is 10. The number of primary amides is 1. The van der Waals surface area contributed by atoms with Gasteiger partial charge in [0, 0.05) is 23.6 Å². The Hall–Kier alpha value is -2.62. The lowest BCUT2D eigenvalue weighted by Gasteiger charge is -2.18. The second-order valence-corrected chi connectivity index (χ2v) is 9.08. The van der Waals surface area contributed by atoms with Crippen molar-refractivity contribution in [1.29, 1.82) is 0 Å². The van der Waals surface area contributed by atoms with Crippen LogP contribution in [0.4, 0.5) is 8.78 Å². The van der Waals surface area contributed by atoms with E-state index in [1.807, 2.05) is 18.2 Å². The molecule has 1 saturated heterocycles. The van der Waals surface area contributed by atoms with E-state index in [1.54, 1.807) is 28.1 Å². The average molecular weight is 529 g/mol. The molecule has 3 rings (SSSR count). The van der Waals surface area contributed by atoms with E-state index >= 15 is 0 Å². The van der Waals surface area contributed by atoms with Crippen LogP contribution in [0.2, 0.25) is 0 Å². The summed E-state index contributed by atoms with van der Waals surface area (Å²) < 4.78 is 42.0. The summed E-state index contributed by atoms with van der Waals surface area (Å²) >= 11 is 5.67. The van der Waals surface area contributed by atoms with Crippen LogP contribution >= 0.6 is 11.6 Å². The van der Waals surface area contributed by atoms with Gasteiger partial charge in [-0.25, -0.2) is 0 Å². The third kappa shape index (κ3) is 7.94. The number of allylic oxidation sites excluding steroid dienone is 1. The van der Waals surface area contributed by atoms with Gasteiger partial charge in [0.2, 0.25) is 0 Å². The van der Waals surface area contributed by atoms with Gasteiger partial charge in [-0.1, -0.05) is 24.6 Å². The van der Waals surface area contributed by atoms with Crippen LogP contribution in [0.15, 0.2) is 33.7 Å². The minimum atomic E-state index is -3.81. The Morgan fingerprint density at radius 1 is 1.25 bits per heavy atom. The number of furan rings is 1. The van der Waals surface area contributed by atoms with Gasteiger partial charge < -0.3 is 29.6 Å². The van der Waals surface area contributed by atoms with Crippen LogP contribution in [0.3, 0.4) is 0 Å². The Morgan fingerprint density at radius 3 is 2.42 bits per heavy atom. The highest BCUT2D eigenvalue weighted by Crippen LogP contribution is 2.33. The van der Waals surface area contributed by atoms with Crippen molar-refractivity contribution in [3.63, 3.8) is 0 Å². The molecule has 1 unspecified atom stereocenters. The van der Waals surface area contributed by atoms with Crippen LogP contribution in [-0.2, 0) is 17.1 Å². The number of carbonyl (C=O) groups is 1. The zero-order valence-corrected chi connectivity index (χ0v) is 21.9. The number of hydrogen-bond donors (Lipinski definition) is 2. The highest BCUT2D eigenvalue weighted by Gasteiger charge is 2.43. The highest BCUT2D eigenvalue weighted by atomic mass is 35.5. The Balaban J connectivity index is 0.000000255. The Bertz CT molecular complexity index is 1030. The van der Waals surface area contributed by atoms with Crippen molar-refractivity contribution in [2.75, 3.05) is 33.9 Å². The SMILES string of the molecule is CCc1oc(C(F)(F)C(N)=O)cc1/C=C(\C)Cl.COc1ccc(C(O)CCN2CCCC2)cc1OC. The van der Waals surface area contributed by atoms with Crippen molar-refractivity contribution in [2.45, 2.75) is 51.6 Å². The largest absolute Gasteiger partial charge is 0.493 e. The van der Waals surface area contributed by atoms with Gasteiger partial charge in [-0.05, 0) is 69.1 Å². The summed E-state index contributed by atoms with van der Waals surface area (Å²) in [5.74, 6) is -4.62. The molecule has 1 aliphatic heterocycles. The molecule has 0 aliphatic carbocycles. The van der Waals surface area contributed by atoms with Gasteiger partial charge in [0.1, 0.15) is 5.76 Å². The van der Waals surface area contributed by atoms with Crippen LogP contribution in [0.25, 0.3) is 6.08 Å². The number of ether oxygens (including phenoxy) is 2. The number of methoxy groups -OCH3 is 2. The fraction of sp³-hybridized carbons (Fsp3) is 0.500. The molecular weight excluding hydrogens is 494 g/mol. The zero-order valence-electron chi connectivity index (χ0n) is 21.2. The molecule has 0 spiro atoms. The maximum atomic E-state index is 13.3. The lowest BCUT2D eigenvalue weighted by Crippen LogP contribution is -2.32. The van der Waals surface area contributed by atoms with Crippen LogP contribution in [0.5, 0.6) is 11.5 Å². The molecule has 1 aromatic carbocycles. The number of benzene rings is 1. The first-order chi connectivity index (χ1) is 17.0. The van der Waals surface area contributed by atoms with E-state index in [0.717, 1.165) is 24.6 Å². The normalized spacial score (nSPS) is 15.3. The summed E-state index contributed by atoms with van der Waals surface area (Å²) in [6.45, 7) is 6.64. The van der Waals surface area contributed by atoms with Gasteiger partial charge in [-0.3, -0.25) is 4.79 Å². The first kappa shape index (κ1) is 29.6. The van der Waals surface area contributed by atoms with E-state index in [1.165, 1.54) is 32.0 Å². The molecule has 2 aromatic rings. The van der Waals surface area contributed by atoms with Crippen LogP contribution < -0.4 is 15.2 Å². The summed E-state index contributed by atoms with van der Waals surface area (Å²) in [6, 6.07) is 6.67. The van der Waals surface area contributed by atoms with Gasteiger partial charge in [0.15, 0.2) is 17.3 Å². The smallest absolute Gasteiger partial charge is 0.380 e. The average Bonchev–Trinajstić information content (AvgIpc) is 3.52. The van der Waals surface area contributed by atoms with Crippen molar-refractivity contribution in [3.8, 4) is 11.5 Å². The standard InChI is InChI=1S/C15H23NO3.C11H12ClF2NO2/c1-18-14-6-5-12(11-15(14)19-2)13(17)7-10-16-8-3-4-9-16;1-3-8-7(4-6(2)12)5-9(17-8)11(13,14)10(15)16/h5-6,11,13,17H,3-4,7-10H2,1-2H3;4-5H,3H2,1-2H3,(H2,15,16)/b;6-4+. The third-order valence-electron chi connectivity index (χ3n) is 5.85. The monoisotopic (exact) mass is 528 g/mol. The molecule has 1 aliphatic rings. The molecule has 1 amide bonds. The molecular formula is C26H35ClF2N2O5. The van der Waals surface area contributed by atoms with E-state index < -0.39 is 23.7 Å². The number of aryl methyl sites for hydroxylation is 1. The molecule has 1 fully saturated rings. The third-order valence-corrected chi connectivity index (χ3v) is 5.96. The van der Waals surface area contributed by atoms with E-state index in [9.17, 15) is 18.7 Å². The number of likely N-dealkylation sites (tertiary alicyclic amines) is 1. The second-order valence-electron chi connectivity index (χ2n) is 8.48. The molecule has 7 nitrogen and oxygen atoms in total. The van der Waals surface area contributed by atoms with Crippen LogP contribution in [0, 0.1) is 0 Å². The number of nitrogens with two attached hydrogens (primary N) is 1. The Kier molecular flexibility index (Phi) is 11.2. The summed E-state index contributed by atoms with van der Waals surface area (Å²) in [5, 5.41) is 10.7. The van der Waals surface area contributed by atoms with Gasteiger partial charge in [0.05, 0.1) is 20.3 Å². The number of hydrogen-bond acceptors (Lipinski definition) is 6. The maximum Gasteiger partial charge on any atom is 0.380 e. The van der Waals surface area contributed by atoms with Gasteiger partial charge in [-0.2, -0.15) is 8.78 Å². The summed E-state index contributed by atoms with van der Waals surface area (Å²) in [4.78, 5) is 13.0. The van der Waals surface area contributed by atoms with Crippen molar-refractivity contribution >= 4 is 23.6 Å². The molecule has 10 heteroatoms. The summed E-state index contributed by atoms with van der Waals surface area (Å²) in [7, 11) is 3.22. The van der Waals surface area contributed by atoms with Crippen molar-refractivity contribution in [2.24, 2.45) is 5.73 Å². The Labute approximate surface area is 215 Å². The van der Waals surface area contributed by atoms with Crippen LogP contribution in [-0.4, -0.2) is 49.8 Å². The second kappa shape index (κ2) is 13.6. The van der Waals surface area contributed by atoms with Crippen molar-refractivity contribution in [3.05, 3.63) is 51.9 Å². The fourth-order valence-corrected chi connectivity index (χ4v) is 3.99. The van der Waals surface area contributed by atoms with E-state index in [0.29, 0.717) is 34.3 Å². The van der Waals surface area contributed by atoms with Gasteiger partial charge >= 0.3 is 5.92 Å². The van der Waals surface area contributed by atoms with Crippen LogP contribution in [0.1, 0.15) is 61.9 Å². The minimum Gasteiger partial charge on any atom is -0.493 e. The molecule has 0 saturated carbocycles. The molecule has 1 atom stereocenters. The molecule has 3 N–H and O–H groups in total. The number of alkyl halides is 2. The predicted molar refractivity (Wildman–Crippen MR) is 135 cm³/mol. The first-order valence-corrected chi connectivity index (χ1v) is 12.2. The quantitative estimate of drug-likeness (QED) is 0.437. The first-order valence-electron chi connectivity index (χ1n) is 11.8. The molecule has 0 radical (unpaired) electrons. The lowest BCUT2D eigenvalue weighted by molar-refractivity contribution is -0.145. The Morgan fingerprint density at radius 2 is 1.89 bits per heavy atom. The topological polar surface area (TPSA) is 98.2 Å². The number of aliphatic hydroxyl groups excluding tert-OH is 1. The lowest BCUT2D eigenvalue weighted by atomic mass is 10.1. The van der Waals surface area contributed by atoms with E-state index in [4.69, 9.17) is 25.5 Å². The van der Waals surface area contributed by atoms with Gasteiger partial charge in [0.25, 0.3) is 5.91 Å². The predicted octanol–water partition coefficient (Wildman–Crippen LogP) is 5.24. The molecule has 2 heterocycles. The fourth-order valence-electron chi connectivity index (χ4n) is 3.87. The maximum absolute atomic E-state index is 13.3. The number of amides is 1.